The summed E-state index contributed by atoms with van der Waals surface area (Å²) in [6, 6.07) is -0.752. The minimum atomic E-state index is -0.824. The monoisotopic (exact) mass is 472 g/mol. The Balaban J connectivity index is 2.13. The molecule has 0 saturated heterocycles. The van der Waals surface area contributed by atoms with Gasteiger partial charge in [-0.3, -0.25) is 9.59 Å². The van der Waals surface area contributed by atoms with Crippen LogP contribution in [0.25, 0.3) is 0 Å². The molecule has 1 rings (SSSR count). The van der Waals surface area contributed by atoms with Crippen LogP contribution in [0.15, 0.2) is 23.8 Å². The first-order chi connectivity index (χ1) is 16.0. The third-order valence-electron chi connectivity index (χ3n) is 5.73. The van der Waals surface area contributed by atoms with Gasteiger partial charge in [0.15, 0.2) is 11.7 Å². The highest BCUT2D eigenvalue weighted by Gasteiger charge is 2.40. The Morgan fingerprint density at radius 3 is 1.33 bits per heavy atom. The van der Waals surface area contributed by atoms with Crippen LogP contribution in [0.5, 0.6) is 0 Å². The van der Waals surface area contributed by atoms with Crippen molar-refractivity contribution in [1.82, 2.24) is 10.6 Å². The lowest BCUT2D eigenvalue weighted by Crippen LogP contribution is -2.35. The number of hydrogen-bond acceptors (Lipinski definition) is 4. The summed E-state index contributed by atoms with van der Waals surface area (Å²) < 4.78 is 27.8. The average molecular weight is 473 g/mol. The van der Waals surface area contributed by atoms with Gasteiger partial charge in [-0.15, -0.1) is 0 Å². The zero-order valence-electron chi connectivity index (χ0n) is 19.8. The molecule has 0 aliphatic heterocycles. The Labute approximate surface area is 196 Å². The van der Waals surface area contributed by atoms with Gasteiger partial charge in [0.2, 0.25) is 0 Å². The minimum Gasteiger partial charge on any atom is -0.396 e. The van der Waals surface area contributed by atoms with Crippen LogP contribution in [0.2, 0.25) is 0 Å². The molecule has 0 bridgehead atoms. The largest absolute Gasteiger partial charge is 0.396 e. The van der Waals surface area contributed by atoms with Crippen molar-refractivity contribution < 1.29 is 28.6 Å². The van der Waals surface area contributed by atoms with Gasteiger partial charge < -0.3 is 20.8 Å². The quantitative estimate of drug-likeness (QED) is 0.155. The van der Waals surface area contributed by atoms with Crippen molar-refractivity contribution in [3.8, 4) is 0 Å². The van der Waals surface area contributed by atoms with Gasteiger partial charge in [-0.1, -0.05) is 51.4 Å². The second-order valence-electron chi connectivity index (χ2n) is 8.77. The summed E-state index contributed by atoms with van der Waals surface area (Å²) in [5.74, 6) is -3.24. The third kappa shape index (κ3) is 14.9. The molecule has 33 heavy (non-hydrogen) atoms. The van der Waals surface area contributed by atoms with Crippen molar-refractivity contribution in [2.75, 3.05) is 13.2 Å². The first-order valence-electron chi connectivity index (χ1n) is 12.5. The van der Waals surface area contributed by atoms with E-state index in [1.165, 1.54) is 12.2 Å². The lowest BCUT2D eigenvalue weighted by atomic mass is 10.1. The molecular weight excluding hydrogens is 430 g/mol. The predicted octanol–water partition coefficient (Wildman–Crippen LogP) is 4.51. The summed E-state index contributed by atoms with van der Waals surface area (Å²) >= 11 is 0. The number of carbonyl (C=O) groups excluding carboxylic acids is 2. The van der Waals surface area contributed by atoms with E-state index in [0.717, 1.165) is 77.0 Å². The number of unbranched alkanes of at least 4 members (excludes halogenated alkanes) is 12. The number of nitrogens with one attached hydrogen (secondary N) is 2. The van der Waals surface area contributed by atoms with Gasteiger partial charge in [0, 0.05) is 13.2 Å². The van der Waals surface area contributed by atoms with Crippen molar-refractivity contribution in [2.24, 2.45) is 0 Å². The predicted molar refractivity (Wildman–Crippen MR) is 126 cm³/mol. The van der Waals surface area contributed by atoms with Gasteiger partial charge in [-0.05, 0) is 57.1 Å². The lowest BCUT2D eigenvalue weighted by molar-refractivity contribution is -0.120. The van der Waals surface area contributed by atoms with Gasteiger partial charge in [0.25, 0.3) is 11.8 Å². The van der Waals surface area contributed by atoms with Crippen molar-refractivity contribution >= 4 is 11.8 Å². The van der Waals surface area contributed by atoms with Crippen molar-refractivity contribution in [3.05, 3.63) is 23.8 Å². The van der Waals surface area contributed by atoms with Crippen molar-refractivity contribution in [1.29, 1.82) is 0 Å². The maximum absolute atomic E-state index is 13.9. The number of rotatable bonds is 20. The van der Waals surface area contributed by atoms with Crippen LogP contribution in [0, 0.1) is 0 Å². The highest BCUT2D eigenvalue weighted by Crippen LogP contribution is 2.22. The normalized spacial score (nSPS) is 18.3. The van der Waals surface area contributed by atoms with Crippen LogP contribution in [-0.2, 0) is 9.59 Å². The van der Waals surface area contributed by atoms with Crippen LogP contribution in [-0.4, -0.2) is 47.3 Å². The SMILES string of the molecule is O=C(NC1CC1NC(=O)C(F)=CCCCCCCCCO)C(F)=CCCCCCCCCO. The molecule has 1 aliphatic carbocycles. The summed E-state index contributed by atoms with van der Waals surface area (Å²) in [6.45, 7) is 0.433. The molecule has 2 atom stereocenters. The first-order valence-corrected chi connectivity index (χ1v) is 12.5. The summed E-state index contributed by atoms with van der Waals surface area (Å²) in [5, 5.41) is 22.5. The Kier molecular flexibility index (Phi) is 16.5. The molecule has 2 amide bonds. The molecule has 0 aromatic rings. The number of aliphatic hydroxyl groups is 2. The second-order valence-corrected chi connectivity index (χ2v) is 8.77. The Morgan fingerprint density at radius 1 is 0.636 bits per heavy atom. The summed E-state index contributed by atoms with van der Waals surface area (Å²) in [7, 11) is 0. The van der Waals surface area contributed by atoms with E-state index in [0.29, 0.717) is 19.3 Å². The number of allylic oxidation sites excluding steroid dienone is 2. The molecule has 2 unspecified atom stereocenters. The van der Waals surface area contributed by atoms with Gasteiger partial charge in [-0.25, -0.2) is 8.78 Å². The zero-order chi connectivity index (χ0) is 24.3. The van der Waals surface area contributed by atoms with Crippen molar-refractivity contribution in [3.63, 3.8) is 0 Å². The average Bonchev–Trinajstić information content (AvgIpc) is 3.53. The fraction of sp³-hybridized carbons (Fsp3) is 0.760. The van der Waals surface area contributed by atoms with E-state index >= 15 is 0 Å². The number of aliphatic hydroxyl groups excluding tert-OH is 2. The fourth-order valence-electron chi connectivity index (χ4n) is 3.56. The summed E-state index contributed by atoms with van der Waals surface area (Å²) in [5.41, 5.74) is 0. The molecule has 0 aromatic carbocycles. The van der Waals surface area contributed by atoms with Gasteiger partial charge in [0.05, 0.1) is 12.1 Å². The molecule has 0 aromatic heterocycles. The lowest BCUT2D eigenvalue weighted by Gasteiger charge is -2.05. The number of halogens is 2. The van der Waals surface area contributed by atoms with E-state index in [9.17, 15) is 18.4 Å². The van der Waals surface area contributed by atoms with E-state index < -0.39 is 23.5 Å². The number of amides is 2. The van der Waals surface area contributed by atoms with Crippen LogP contribution in [0.1, 0.15) is 96.3 Å². The van der Waals surface area contributed by atoms with Crippen LogP contribution >= 0.6 is 0 Å². The standard InChI is InChI=1S/C25H42F2N2O4/c26-20(15-11-7-3-1-5-9-13-17-30)24(32)28-22-19-23(22)29-25(33)21(27)16-12-8-4-2-6-10-14-18-31/h15-16,22-23,30-31H,1-14,17-19H2,(H,28,32)(H,29,33). The Bertz CT molecular complexity index is 574. The maximum atomic E-state index is 13.9. The highest BCUT2D eigenvalue weighted by atomic mass is 19.1. The molecular formula is C25H42F2N2O4. The second kappa shape index (κ2) is 18.6. The fourth-order valence-corrected chi connectivity index (χ4v) is 3.56. The van der Waals surface area contributed by atoms with Gasteiger partial charge >= 0.3 is 0 Å². The van der Waals surface area contributed by atoms with E-state index in [2.05, 4.69) is 10.6 Å². The molecule has 1 saturated carbocycles. The topological polar surface area (TPSA) is 98.7 Å². The van der Waals surface area contributed by atoms with Crippen molar-refractivity contribution in [2.45, 2.75) is 108 Å². The Hall–Kier alpha value is -1.80. The number of hydrogen-bond donors (Lipinski definition) is 4. The molecule has 0 radical (unpaired) electrons. The van der Waals surface area contributed by atoms with E-state index in [4.69, 9.17) is 10.2 Å². The molecule has 1 fully saturated rings. The molecule has 1 aliphatic rings. The van der Waals surface area contributed by atoms with Crippen LogP contribution in [0.3, 0.4) is 0 Å². The molecule has 0 spiro atoms. The van der Waals surface area contributed by atoms with E-state index in [1.807, 2.05) is 0 Å². The molecule has 0 heterocycles. The summed E-state index contributed by atoms with van der Waals surface area (Å²) in [4.78, 5) is 23.8. The maximum Gasteiger partial charge on any atom is 0.279 e. The summed E-state index contributed by atoms with van der Waals surface area (Å²) in [6.07, 6.45) is 15.3. The molecule has 6 nitrogen and oxygen atoms in total. The first kappa shape index (κ1) is 29.2. The minimum absolute atomic E-state index is 0.216. The molecule has 4 N–H and O–H groups in total. The number of carbonyl (C=O) groups is 2. The highest BCUT2D eigenvalue weighted by molar-refractivity contribution is 5.93. The van der Waals surface area contributed by atoms with Gasteiger partial charge in [0.1, 0.15) is 0 Å². The van der Waals surface area contributed by atoms with Gasteiger partial charge in [-0.2, -0.15) is 0 Å². The molecule has 190 valence electrons. The third-order valence-corrected chi connectivity index (χ3v) is 5.73. The van der Waals surface area contributed by atoms with E-state index in [1.54, 1.807) is 0 Å². The Morgan fingerprint density at radius 2 is 0.970 bits per heavy atom. The van der Waals surface area contributed by atoms with Crippen LogP contribution in [0.4, 0.5) is 8.78 Å². The van der Waals surface area contributed by atoms with Crippen LogP contribution < -0.4 is 10.6 Å². The smallest absolute Gasteiger partial charge is 0.279 e. The zero-order valence-corrected chi connectivity index (χ0v) is 19.8. The van der Waals surface area contributed by atoms with E-state index in [-0.39, 0.29) is 25.3 Å². The molecule has 8 heteroatoms.